The predicted molar refractivity (Wildman–Crippen MR) is 94.9 cm³/mol. The highest BCUT2D eigenvalue weighted by molar-refractivity contribution is 7.94. The van der Waals surface area contributed by atoms with Gasteiger partial charge in [0.05, 0.1) is 16.7 Å². The van der Waals surface area contributed by atoms with Gasteiger partial charge in [0.25, 0.3) is 5.91 Å². The van der Waals surface area contributed by atoms with Crippen LogP contribution in [0.25, 0.3) is 10.4 Å². The number of rotatable bonds is 3. The first-order valence-electron chi connectivity index (χ1n) is 7.72. The fourth-order valence-electron chi connectivity index (χ4n) is 2.72. The van der Waals surface area contributed by atoms with Crippen LogP contribution in [0.15, 0.2) is 41.8 Å². The largest absolute Gasteiger partial charge is 0.486 e. The molecule has 0 aliphatic carbocycles. The van der Waals surface area contributed by atoms with Gasteiger partial charge in [0.15, 0.2) is 21.3 Å². The molecule has 1 unspecified atom stereocenters. The zero-order valence-corrected chi connectivity index (χ0v) is 14.7. The summed E-state index contributed by atoms with van der Waals surface area (Å²) in [5.41, 5.74) is 0.941. The third kappa shape index (κ3) is 3.40. The van der Waals surface area contributed by atoms with Crippen molar-refractivity contribution in [1.29, 1.82) is 0 Å². The summed E-state index contributed by atoms with van der Waals surface area (Å²) >= 11 is 1.35. The first-order chi connectivity index (χ1) is 12.0. The number of hydrogen-bond donors (Lipinski definition) is 1. The van der Waals surface area contributed by atoms with Crippen molar-refractivity contribution in [1.82, 2.24) is 5.32 Å². The minimum atomic E-state index is -3.19. The summed E-state index contributed by atoms with van der Waals surface area (Å²) in [7, 11) is -3.19. The lowest BCUT2D eigenvalue weighted by Crippen LogP contribution is -2.35. The van der Waals surface area contributed by atoms with Crippen molar-refractivity contribution >= 4 is 27.1 Å². The normalized spacial score (nSPS) is 20.4. The predicted octanol–water partition coefficient (Wildman–Crippen LogP) is 2.23. The van der Waals surface area contributed by atoms with E-state index in [9.17, 15) is 13.2 Å². The van der Waals surface area contributed by atoms with E-state index in [1.165, 1.54) is 17.4 Å². The van der Waals surface area contributed by atoms with Crippen molar-refractivity contribution in [2.24, 2.45) is 0 Å². The Morgan fingerprint density at radius 3 is 2.68 bits per heavy atom. The minimum absolute atomic E-state index is 0.0842. The number of benzene rings is 1. The Balaban J connectivity index is 1.50. The average molecular weight is 377 g/mol. The van der Waals surface area contributed by atoms with Gasteiger partial charge in [-0.3, -0.25) is 4.79 Å². The second kappa shape index (κ2) is 6.20. The van der Waals surface area contributed by atoms with Gasteiger partial charge in [-0.05, 0) is 42.0 Å². The second-order valence-electron chi connectivity index (χ2n) is 5.76. The number of fused-ring (bicyclic) bond motifs is 1. The van der Waals surface area contributed by atoms with Gasteiger partial charge in [0.2, 0.25) is 0 Å². The Hall–Kier alpha value is -2.32. The summed E-state index contributed by atoms with van der Waals surface area (Å²) in [5.74, 6) is 1.06. The van der Waals surface area contributed by atoms with Gasteiger partial charge in [0, 0.05) is 10.3 Å². The summed E-state index contributed by atoms with van der Waals surface area (Å²) in [4.78, 5) is 13.8. The highest BCUT2D eigenvalue weighted by Gasteiger charge is 2.24. The number of hydrogen-bond acceptors (Lipinski definition) is 6. The summed E-state index contributed by atoms with van der Waals surface area (Å²) < 4.78 is 33.9. The molecule has 0 spiro atoms. The maximum absolute atomic E-state index is 12.3. The molecule has 1 aromatic heterocycles. The molecule has 0 saturated heterocycles. The van der Waals surface area contributed by atoms with Crippen LogP contribution < -0.4 is 14.8 Å². The number of sulfone groups is 1. The summed E-state index contributed by atoms with van der Waals surface area (Å²) in [6, 6.07) is 8.81. The van der Waals surface area contributed by atoms with Crippen LogP contribution in [0.5, 0.6) is 11.5 Å². The van der Waals surface area contributed by atoms with Crippen LogP contribution in [-0.4, -0.2) is 39.3 Å². The molecule has 130 valence electrons. The molecule has 0 saturated carbocycles. The van der Waals surface area contributed by atoms with E-state index in [1.54, 1.807) is 6.07 Å². The Bertz CT molecular complexity index is 961. The van der Waals surface area contributed by atoms with Crippen LogP contribution in [0.1, 0.15) is 9.67 Å². The van der Waals surface area contributed by atoms with Crippen LogP contribution in [0.3, 0.4) is 0 Å². The highest BCUT2D eigenvalue weighted by Crippen LogP contribution is 2.36. The molecular formula is C17H15NO5S2. The van der Waals surface area contributed by atoms with Crippen LogP contribution >= 0.6 is 11.3 Å². The lowest BCUT2D eigenvalue weighted by atomic mass is 10.1. The average Bonchev–Trinajstić information content (AvgIpc) is 3.21. The molecule has 1 amide bonds. The first kappa shape index (κ1) is 16.2. The second-order valence-corrected chi connectivity index (χ2v) is 8.78. The highest BCUT2D eigenvalue weighted by atomic mass is 32.2. The van der Waals surface area contributed by atoms with E-state index < -0.39 is 15.9 Å². The van der Waals surface area contributed by atoms with Gasteiger partial charge < -0.3 is 14.8 Å². The van der Waals surface area contributed by atoms with E-state index in [0.717, 1.165) is 21.6 Å². The summed E-state index contributed by atoms with van der Waals surface area (Å²) in [5, 5.41) is 3.87. The van der Waals surface area contributed by atoms with E-state index in [1.807, 2.05) is 24.3 Å². The monoisotopic (exact) mass is 377 g/mol. The van der Waals surface area contributed by atoms with Crippen molar-refractivity contribution in [3.05, 3.63) is 46.7 Å². The SMILES string of the molecule is O=C(NC1C=CS(=O)(=O)C1)c1ccc(-c2ccc3c(c2)OCCO3)s1. The molecule has 25 heavy (non-hydrogen) atoms. The number of carbonyl (C=O) groups is 1. The van der Waals surface area contributed by atoms with E-state index in [-0.39, 0.29) is 11.7 Å². The Morgan fingerprint density at radius 2 is 1.92 bits per heavy atom. The van der Waals surface area contributed by atoms with Crippen molar-refractivity contribution in [3.63, 3.8) is 0 Å². The molecule has 1 aromatic carbocycles. The molecule has 1 atom stereocenters. The molecular weight excluding hydrogens is 362 g/mol. The zero-order valence-electron chi connectivity index (χ0n) is 13.1. The molecule has 6 nitrogen and oxygen atoms in total. The number of thiophene rings is 1. The maximum Gasteiger partial charge on any atom is 0.261 e. The van der Waals surface area contributed by atoms with E-state index in [2.05, 4.69) is 5.32 Å². The maximum atomic E-state index is 12.3. The Kier molecular flexibility index (Phi) is 4.01. The van der Waals surface area contributed by atoms with Gasteiger partial charge in [-0.1, -0.05) is 0 Å². The third-order valence-electron chi connectivity index (χ3n) is 3.90. The summed E-state index contributed by atoms with van der Waals surface area (Å²) in [6.45, 7) is 1.06. The van der Waals surface area contributed by atoms with Gasteiger partial charge >= 0.3 is 0 Å². The third-order valence-corrected chi connectivity index (χ3v) is 6.43. The molecule has 0 radical (unpaired) electrons. The van der Waals surface area contributed by atoms with Crippen LogP contribution in [0.4, 0.5) is 0 Å². The van der Waals surface area contributed by atoms with Crippen molar-refractivity contribution in [3.8, 4) is 21.9 Å². The fraction of sp³-hybridized carbons (Fsp3) is 0.235. The molecule has 8 heteroatoms. The van der Waals surface area contributed by atoms with E-state index in [0.29, 0.717) is 23.8 Å². The van der Waals surface area contributed by atoms with E-state index >= 15 is 0 Å². The molecule has 0 bridgehead atoms. The number of nitrogens with one attached hydrogen (secondary N) is 1. The van der Waals surface area contributed by atoms with E-state index in [4.69, 9.17) is 9.47 Å². The molecule has 0 fully saturated rings. The first-order valence-corrected chi connectivity index (χ1v) is 10.2. The van der Waals surface area contributed by atoms with Crippen molar-refractivity contribution in [2.45, 2.75) is 6.04 Å². The molecule has 2 aliphatic rings. The lowest BCUT2D eigenvalue weighted by molar-refractivity contribution is 0.0952. The lowest BCUT2D eigenvalue weighted by Gasteiger charge is -2.18. The van der Waals surface area contributed by atoms with Crippen molar-refractivity contribution < 1.29 is 22.7 Å². The molecule has 1 N–H and O–H groups in total. The quantitative estimate of drug-likeness (QED) is 0.887. The topological polar surface area (TPSA) is 81.7 Å². The molecule has 3 heterocycles. The van der Waals surface area contributed by atoms with Gasteiger partial charge in [-0.25, -0.2) is 8.42 Å². The Morgan fingerprint density at radius 1 is 1.12 bits per heavy atom. The number of ether oxygens (including phenoxy) is 2. The number of amides is 1. The van der Waals surface area contributed by atoms with Crippen LogP contribution in [-0.2, 0) is 9.84 Å². The van der Waals surface area contributed by atoms with Crippen molar-refractivity contribution in [2.75, 3.05) is 19.0 Å². The number of carbonyl (C=O) groups excluding carboxylic acids is 1. The molecule has 2 aliphatic heterocycles. The van der Waals surface area contributed by atoms with Crippen LogP contribution in [0.2, 0.25) is 0 Å². The molecule has 4 rings (SSSR count). The van der Waals surface area contributed by atoms with Gasteiger partial charge in [-0.2, -0.15) is 0 Å². The standard InChI is InChI=1S/C17H15NO5S2/c19-17(18-12-5-8-25(20,21)10-12)16-4-3-15(24-16)11-1-2-13-14(9-11)23-7-6-22-13/h1-5,8-9,12H,6-7,10H2,(H,18,19). The zero-order chi connectivity index (χ0) is 17.4. The Labute approximate surface area is 149 Å². The van der Waals surface area contributed by atoms with Crippen LogP contribution in [0, 0.1) is 0 Å². The minimum Gasteiger partial charge on any atom is -0.486 e. The van der Waals surface area contributed by atoms with Gasteiger partial charge in [-0.15, -0.1) is 11.3 Å². The smallest absolute Gasteiger partial charge is 0.261 e. The molecule has 2 aromatic rings. The van der Waals surface area contributed by atoms with Gasteiger partial charge in [0.1, 0.15) is 13.2 Å². The summed E-state index contributed by atoms with van der Waals surface area (Å²) in [6.07, 6.45) is 1.50. The fourth-order valence-corrected chi connectivity index (χ4v) is 4.86.